The molecule has 1 saturated carbocycles. The van der Waals surface area contributed by atoms with Crippen molar-refractivity contribution in [2.45, 2.75) is 42.4 Å². The van der Waals surface area contributed by atoms with E-state index in [1.54, 1.807) is 0 Å². The van der Waals surface area contributed by atoms with Crippen molar-refractivity contribution < 1.29 is 4.21 Å². The van der Waals surface area contributed by atoms with Gasteiger partial charge in [0.15, 0.2) is 0 Å². The molecule has 1 aromatic rings. The van der Waals surface area contributed by atoms with Gasteiger partial charge >= 0.3 is 0 Å². The molecule has 1 N–H and O–H groups in total. The zero-order valence-corrected chi connectivity index (χ0v) is 12.4. The maximum absolute atomic E-state index is 12.4. The number of benzene rings is 1. The third kappa shape index (κ3) is 3.39. The van der Waals surface area contributed by atoms with E-state index in [2.05, 4.69) is 28.2 Å². The summed E-state index contributed by atoms with van der Waals surface area (Å²) in [7, 11) is -0.863. The molecule has 3 atom stereocenters. The molecule has 0 radical (unpaired) electrons. The highest BCUT2D eigenvalue weighted by molar-refractivity contribution is 9.10. The van der Waals surface area contributed by atoms with Crippen LogP contribution in [0.25, 0.3) is 0 Å². The van der Waals surface area contributed by atoms with Crippen molar-refractivity contribution in [2.75, 3.05) is 6.54 Å². The predicted octanol–water partition coefficient (Wildman–Crippen LogP) is 3.09. The second kappa shape index (κ2) is 6.12. The Morgan fingerprint density at radius 1 is 1.47 bits per heavy atom. The Hall–Kier alpha value is -0.190. The van der Waals surface area contributed by atoms with Crippen LogP contribution in [0.15, 0.2) is 33.6 Å². The van der Waals surface area contributed by atoms with Gasteiger partial charge < -0.3 is 5.32 Å². The Labute approximate surface area is 114 Å². The van der Waals surface area contributed by atoms with Crippen LogP contribution in [-0.2, 0) is 10.8 Å². The summed E-state index contributed by atoms with van der Waals surface area (Å²) in [6, 6.07) is 8.41. The molecule has 2 nitrogen and oxygen atoms in total. The first-order valence-electron chi connectivity index (χ1n) is 6.10. The Morgan fingerprint density at radius 3 is 3.00 bits per heavy atom. The number of hydrogen-bond acceptors (Lipinski definition) is 2. The van der Waals surface area contributed by atoms with Gasteiger partial charge in [-0.2, -0.15) is 0 Å². The molecule has 0 aromatic heterocycles. The first-order valence-corrected chi connectivity index (χ1v) is 8.11. The van der Waals surface area contributed by atoms with Crippen LogP contribution in [0.3, 0.4) is 0 Å². The molecule has 0 spiro atoms. The van der Waals surface area contributed by atoms with Crippen molar-refractivity contribution in [2.24, 2.45) is 0 Å². The van der Waals surface area contributed by atoms with E-state index in [9.17, 15) is 4.21 Å². The molecule has 0 saturated heterocycles. The molecule has 4 heteroatoms. The van der Waals surface area contributed by atoms with Crippen molar-refractivity contribution in [3.8, 4) is 0 Å². The lowest BCUT2D eigenvalue weighted by molar-refractivity contribution is 0.542. The van der Waals surface area contributed by atoms with Gasteiger partial charge in [-0.25, -0.2) is 0 Å². The molecular weight excluding hydrogens is 298 g/mol. The van der Waals surface area contributed by atoms with E-state index in [0.29, 0.717) is 11.3 Å². The van der Waals surface area contributed by atoms with Crippen LogP contribution in [0.5, 0.6) is 0 Å². The first kappa shape index (κ1) is 13.2. The summed E-state index contributed by atoms with van der Waals surface area (Å²) in [6.45, 7) is 3.12. The summed E-state index contributed by atoms with van der Waals surface area (Å²) in [5.41, 5.74) is 0. The Kier molecular flexibility index (Phi) is 4.77. The van der Waals surface area contributed by atoms with E-state index in [1.165, 1.54) is 0 Å². The highest BCUT2D eigenvalue weighted by Gasteiger charge is 2.29. The van der Waals surface area contributed by atoms with Crippen LogP contribution >= 0.6 is 15.9 Å². The van der Waals surface area contributed by atoms with Crippen molar-refractivity contribution in [3.63, 3.8) is 0 Å². The fourth-order valence-corrected chi connectivity index (χ4v) is 4.54. The monoisotopic (exact) mass is 315 g/mol. The molecule has 1 fully saturated rings. The van der Waals surface area contributed by atoms with Gasteiger partial charge in [0.25, 0.3) is 0 Å². The third-order valence-electron chi connectivity index (χ3n) is 3.21. The average Bonchev–Trinajstić information content (AvgIpc) is 2.77. The quantitative estimate of drug-likeness (QED) is 0.925. The lowest BCUT2D eigenvalue weighted by atomic mass is 10.2. The van der Waals surface area contributed by atoms with E-state index < -0.39 is 10.8 Å². The second-order valence-corrected chi connectivity index (χ2v) is 7.09. The summed E-state index contributed by atoms with van der Waals surface area (Å²) in [5, 5.41) is 3.76. The first-order chi connectivity index (χ1) is 8.20. The van der Waals surface area contributed by atoms with Gasteiger partial charge in [-0.3, -0.25) is 4.21 Å². The molecule has 2 rings (SSSR count). The molecule has 94 valence electrons. The van der Waals surface area contributed by atoms with Crippen molar-refractivity contribution in [1.82, 2.24) is 5.32 Å². The summed E-state index contributed by atoms with van der Waals surface area (Å²) < 4.78 is 13.4. The van der Waals surface area contributed by atoms with E-state index >= 15 is 0 Å². The number of hydrogen-bond donors (Lipinski definition) is 1. The standard InChI is InChI=1S/C13H18BrNOS/c1-2-15-11-6-7-13(9-11)17(16)12-5-3-4-10(14)8-12/h3-5,8,11,13,15H,2,6-7,9H2,1H3. The molecule has 1 aromatic carbocycles. The fourth-order valence-electron chi connectivity index (χ4n) is 2.39. The Bertz CT molecular complexity index is 410. The van der Waals surface area contributed by atoms with Gasteiger partial charge in [0, 0.05) is 20.7 Å². The predicted molar refractivity (Wildman–Crippen MR) is 75.7 cm³/mol. The SMILES string of the molecule is CCNC1CCC(S(=O)c2cccc(Br)c2)C1. The highest BCUT2D eigenvalue weighted by atomic mass is 79.9. The lowest BCUT2D eigenvalue weighted by Crippen LogP contribution is -2.27. The van der Waals surface area contributed by atoms with Gasteiger partial charge in [0.1, 0.15) is 0 Å². The molecule has 0 heterocycles. The molecule has 0 aliphatic heterocycles. The third-order valence-corrected chi connectivity index (χ3v) is 5.45. The molecule has 0 amide bonds. The Balaban J connectivity index is 2.02. The molecule has 0 bridgehead atoms. The summed E-state index contributed by atoms with van der Waals surface area (Å²) in [6.07, 6.45) is 3.25. The van der Waals surface area contributed by atoms with Crippen LogP contribution in [-0.4, -0.2) is 22.0 Å². The van der Waals surface area contributed by atoms with Crippen LogP contribution in [0.1, 0.15) is 26.2 Å². The van der Waals surface area contributed by atoms with Gasteiger partial charge in [-0.15, -0.1) is 0 Å². The second-order valence-electron chi connectivity index (χ2n) is 4.44. The molecule has 17 heavy (non-hydrogen) atoms. The largest absolute Gasteiger partial charge is 0.314 e. The topological polar surface area (TPSA) is 29.1 Å². The minimum atomic E-state index is -0.863. The maximum atomic E-state index is 12.4. The van der Waals surface area contributed by atoms with Crippen LogP contribution in [0.4, 0.5) is 0 Å². The van der Waals surface area contributed by atoms with Crippen molar-refractivity contribution in [1.29, 1.82) is 0 Å². The van der Waals surface area contributed by atoms with Gasteiger partial charge in [-0.1, -0.05) is 28.9 Å². The number of rotatable bonds is 4. The average molecular weight is 316 g/mol. The molecule has 1 aliphatic carbocycles. The van der Waals surface area contributed by atoms with Crippen LogP contribution in [0, 0.1) is 0 Å². The minimum absolute atomic E-state index is 0.313. The molecular formula is C13H18BrNOS. The summed E-state index contributed by atoms with van der Waals surface area (Å²) in [5.74, 6) is 0. The van der Waals surface area contributed by atoms with Crippen molar-refractivity contribution >= 4 is 26.7 Å². The molecule has 3 unspecified atom stereocenters. The van der Waals surface area contributed by atoms with E-state index in [0.717, 1.165) is 35.2 Å². The minimum Gasteiger partial charge on any atom is -0.314 e. The van der Waals surface area contributed by atoms with E-state index in [4.69, 9.17) is 0 Å². The van der Waals surface area contributed by atoms with Gasteiger partial charge in [0.2, 0.25) is 0 Å². The van der Waals surface area contributed by atoms with E-state index in [-0.39, 0.29) is 0 Å². The van der Waals surface area contributed by atoms with Crippen LogP contribution < -0.4 is 5.32 Å². The normalized spacial score (nSPS) is 26.0. The zero-order chi connectivity index (χ0) is 12.3. The smallest absolute Gasteiger partial charge is 0.0561 e. The Morgan fingerprint density at radius 2 is 2.29 bits per heavy atom. The number of halogens is 1. The summed E-state index contributed by atoms with van der Waals surface area (Å²) >= 11 is 3.43. The number of nitrogens with one attached hydrogen (secondary N) is 1. The maximum Gasteiger partial charge on any atom is 0.0561 e. The summed E-state index contributed by atoms with van der Waals surface area (Å²) in [4.78, 5) is 0.946. The molecule has 1 aliphatic rings. The zero-order valence-electron chi connectivity index (χ0n) is 9.99. The van der Waals surface area contributed by atoms with E-state index in [1.807, 2.05) is 24.3 Å². The van der Waals surface area contributed by atoms with Crippen LogP contribution in [0.2, 0.25) is 0 Å². The van der Waals surface area contributed by atoms with Crippen molar-refractivity contribution in [3.05, 3.63) is 28.7 Å². The highest BCUT2D eigenvalue weighted by Crippen LogP contribution is 2.28. The lowest BCUT2D eigenvalue weighted by Gasteiger charge is -2.12. The van der Waals surface area contributed by atoms with Gasteiger partial charge in [0.05, 0.1) is 10.8 Å². The van der Waals surface area contributed by atoms with Gasteiger partial charge in [-0.05, 0) is 44.0 Å². The fraction of sp³-hybridized carbons (Fsp3) is 0.538.